The summed E-state index contributed by atoms with van der Waals surface area (Å²) in [4.78, 5) is 15.9. The van der Waals surface area contributed by atoms with E-state index in [2.05, 4.69) is 11.9 Å². The minimum atomic E-state index is -0.256. The summed E-state index contributed by atoms with van der Waals surface area (Å²) in [6, 6.07) is 1.84. The lowest BCUT2D eigenvalue weighted by molar-refractivity contribution is -0.112. The second-order valence-electron chi connectivity index (χ2n) is 3.78. The zero-order valence-corrected chi connectivity index (χ0v) is 11.3. The van der Waals surface area contributed by atoms with E-state index in [-0.39, 0.29) is 22.8 Å². The molecular weight excluding hydrogens is 248 g/mol. The zero-order chi connectivity index (χ0) is 13.5. The molecule has 2 N–H and O–H groups in total. The van der Waals surface area contributed by atoms with Crippen molar-refractivity contribution in [1.82, 2.24) is 9.55 Å². The van der Waals surface area contributed by atoms with Gasteiger partial charge in [-0.25, -0.2) is 4.98 Å². The fourth-order valence-corrected chi connectivity index (χ4v) is 2.28. The first-order valence-electron chi connectivity index (χ1n) is 5.63. The average molecular weight is 264 g/mol. The molecule has 0 aliphatic heterocycles. The molecule has 0 amide bonds. The number of aromatic nitrogens is 2. The molecule has 0 saturated carbocycles. The quantitative estimate of drug-likeness (QED) is 0.480. The first kappa shape index (κ1) is 14.3. The second kappa shape index (κ2) is 6.87. The van der Waals surface area contributed by atoms with Crippen molar-refractivity contribution < 1.29 is 4.79 Å². The predicted molar refractivity (Wildman–Crippen MR) is 70.7 cm³/mol. The molecule has 0 radical (unpaired) electrons. The molecule has 6 heteroatoms. The van der Waals surface area contributed by atoms with Gasteiger partial charge in [0, 0.05) is 24.6 Å². The monoisotopic (exact) mass is 264 g/mol. The Morgan fingerprint density at radius 1 is 1.67 bits per heavy atom. The maximum absolute atomic E-state index is 11.8. The third-order valence-electron chi connectivity index (χ3n) is 2.26. The SMILES string of the molecule is CCCn1ccnc1SCC(=O)C(C#N)=C(C)N. The van der Waals surface area contributed by atoms with E-state index in [0.29, 0.717) is 0 Å². The van der Waals surface area contributed by atoms with Crippen LogP contribution in [0.1, 0.15) is 20.3 Å². The number of allylic oxidation sites excluding steroid dienone is 2. The molecule has 1 heterocycles. The number of carbonyl (C=O) groups is 1. The van der Waals surface area contributed by atoms with Gasteiger partial charge in [0.25, 0.3) is 0 Å². The smallest absolute Gasteiger partial charge is 0.185 e. The van der Waals surface area contributed by atoms with E-state index in [1.54, 1.807) is 13.1 Å². The van der Waals surface area contributed by atoms with Gasteiger partial charge in [-0.15, -0.1) is 0 Å². The fraction of sp³-hybridized carbons (Fsp3) is 0.417. The number of nitrogens with two attached hydrogens (primary N) is 1. The van der Waals surface area contributed by atoms with Crippen molar-refractivity contribution in [3.63, 3.8) is 0 Å². The van der Waals surface area contributed by atoms with E-state index in [0.717, 1.165) is 18.1 Å². The van der Waals surface area contributed by atoms with Gasteiger partial charge in [0.05, 0.1) is 5.75 Å². The molecule has 0 saturated heterocycles. The van der Waals surface area contributed by atoms with Crippen LogP contribution in [0.2, 0.25) is 0 Å². The number of nitrogens with zero attached hydrogens (tertiary/aromatic N) is 3. The Labute approximate surface area is 111 Å². The van der Waals surface area contributed by atoms with E-state index < -0.39 is 0 Å². The van der Waals surface area contributed by atoms with Gasteiger partial charge in [-0.2, -0.15) is 5.26 Å². The normalized spacial score (nSPS) is 11.8. The molecule has 0 aliphatic carbocycles. The largest absolute Gasteiger partial charge is 0.401 e. The molecule has 1 aromatic heterocycles. The van der Waals surface area contributed by atoms with E-state index in [1.165, 1.54) is 11.8 Å². The summed E-state index contributed by atoms with van der Waals surface area (Å²) in [5.41, 5.74) is 5.78. The molecular formula is C12H16N4OS. The third kappa shape index (κ3) is 3.64. The van der Waals surface area contributed by atoms with Gasteiger partial charge < -0.3 is 10.3 Å². The van der Waals surface area contributed by atoms with Crippen molar-refractivity contribution in [1.29, 1.82) is 5.26 Å². The average Bonchev–Trinajstić information content (AvgIpc) is 2.75. The van der Waals surface area contributed by atoms with Crippen LogP contribution in [0.4, 0.5) is 0 Å². The minimum Gasteiger partial charge on any atom is -0.401 e. The summed E-state index contributed by atoms with van der Waals surface area (Å²) >= 11 is 1.32. The Kier molecular flexibility index (Phi) is 5.46. The molecule has 0 aliphatic rings. The van der Waals surface area contributed by atoms with Crippen LogP contribution in [0.15, 0.2) is 28.8 Å². The molecule has 96 valence electrons. The lowest BCUT2D eigenvalue weighted by Crippen LogP contribution is -2.11. The fourth-order valence-electron chi connectivity index (χ4n) is 1.42. The zero-order valence-electron chi connectivity index (χ0n) is 10.5. The number of hydrogen-bond acceptors (Lipinski definition) is 5. The highest BCUT2D eigenvalue weighted by Gasteiger charge is 2.13. The molecule has 0 bridgehead atoms. The minimum absolute atomic E-state index is 0.0381. The van der Waals surface area contributed by atoms with Gasteiger partial charge >= 0.3 is 0 Å². The molecule has 0 unspecified atom stereocenters. The van der Waals surface area contributed by atoms with Gasteiger partial charge in [-0.3, -0.25) is 4.79 Å². The van der Waals surface area contributed by atoms with E-state index in [1.807, 2.05) is 16.8 Å². The number of aryl methyl sites for hydroxylation is 1. The Morgan fingerprint density at radius 3 is 2.94 bits per heavy atom. The highest BCUT2D eigenvalue weighted by atomic mass is 32.2. The summed E-state index contributed by atoms with van der Waals surface area (Å²) in [6.07, 6.45) is 4.59. The Bertz CT molecular complexity index is 494. The maximum Gasteiger partial charge on any atom is 0.185 e. The van der Waals surface area contributed by atoms with Crippen molar-refractivity contribution in [2.24, 2.45) is 5.73 Å². The van der Waals surface area contributed by atoms with Crippen LogP contribution < -0.4 is 5.73 Å². The molecule has 0 atom stereocenters. The number of carbonyl (C=O) groups excluding carboxylic acids is 1. The Balaban J connectivity index is 2.66. The van der Waals surface area contributed by atoms with Crippen LogP contribution in [0.5, 0.6) is 0 Å². The van der Waals surface area contributed by atoms with Crippen molar-refractivity contribution in [3.05, 3.63) is 23.7 Å². The van der Waals surface area contributed by atoms with Crippen LogP contribution in [-0.2, 0) is 11.3 Å². The van der Waals surface area contributed by atoms with Gasteiger partial charge in [-0.1, -0.05) is 18.7 Å². The predicted octanol–water partition coefficient (Wildman–Crippen LogP) is 1.71. The standard InChI is InChI=1S/C12H16N4OS/c1-3-5-16-6-4-15-12(16)18-8-11(17)10(7-13)9(2)14/h4,6H,3,5,8,14H2,1-2H3. The molecule has 0 aromatic carbocycles. The first-order chi connectivity index (χ1) is 8.60. The third-order valence-corrected chi connectivity index (χ3v) is 3.26. The first-order valence-corrected chi connectivity index (χ1v) is 6.62. The van der Waals surface area contributed by atoms with E-state index >= 15 is 0 Å². The summed E-state index contributed by atoms with van der Waals surface area (Å²) < 4.78 is 1.99. The highest BCUT2D eigenvalue weighted by Crippen LogP contribution is 2.17. The van der Waals surface area contributed by atoms with E-state index in [9.17, 15) is 4.79 Å². The van der Waals surface area contributed by atoms with Crippen LogP contribution in [0.25, 0.3) is 0 Å². The van der Waals surface area contributed by atoms with Crippen LogP contribution >= 0.6 is 11.8 Å². The number of rotatable bonds is 6. The molecule has 1 aromatic rings. The lowest BCUT2D eigenvalue weighted by Gasteiger charge is -2.05. The highest BCUT2D eigenvalue weighted by molar-refractivity contribution is 7.99. The van der Waals surface area contributed by atoms with Crippen LogP contribution in [0.3, 0.4) is 0 Å². The Hall–Kier alpha value is -1.74. The summed E-state index contributed by atoms with van der Waals surface area (Å²) in [7, 11) is 0. The van der Waals surface area contributed by atoms with Gasteiger partial charge in [0.2, 0.25) is 0 Å². The molecule has 1 rings (SSSR count). The number of ketones is 1. The lowest BCUT2D eigenvalue weighted by atomic mass is 10.2. The number of hydrogen-bond donors (Lipinski definition) is 1. The summed E-state index contributed by atoms with van der Waals surface area (Å²) in [6.45, 7) is 4.50. The van der Waals surface area contributed by atoms with Crippen molar-refractivity contribution in [3.8, 4) is 6.07 Å². The molecule has 0 spiro atoms. The van der Waals surface area contributed by atoms with Crippen molar-refractivity contribution >= 4 is 17.5 Å². The Morgan fingerprint density at radius 2 is 2.39 bits per heavy atom. The van der Waals surface area contributed by atoms with Gasteiger partial charge in [0.1, 0.15) is 11.6 Å². The topological polar surface area (TPSA) is 84.7 Å². The summed E-state index contributed by atoms with van der Waals surface area (Å²) in [5, 5.41) is 9.61. The van der Waals surface area contributed by atoms with Gasteiger partial charge in [0.15, 0.2) is 10.9 Å². The van der Waals surface area contributed by atoms with E-state index in [4.69, 9.17) is 11.0 Å². The van der Waals surface area contributed by atoms with Gasteiger partial charge in [-0.05, 0) is 13.3 Å². The molecule has 0 fully saturated rings. The second-order valence-corrected chi connectivity index (χ2v) is 4.73. The molecule has 5 nitrogen and oxygen atoms in total. The van der Waals surface area contributed by atoms with Crippen LogP contribution in [0, 0.1) is 11.3 Å². The number of thioether (sulfide) groups is 1. The summed E-state index contributed by atoms with van der Waals surface area (Å²) in [5.74, 6) is -0.0772. The van der Waals surface area contributed by atoms with Crippen molar-refractivity contribution in [2.75, 3.05) is 5.75 Å². The maximum atomic E-state index is 11.8. The number of nitriles is 1. The molecule has 18 heavy (non-hydrogen) atoms. The van der Waals surface area contributed by atoms with Crippen LogP contribution in [-0.4, -0.2) is 21.1 Å². The number of imidazole rings is 1. The number of Topliss-reactive ketones (excluding diaryl/α,β-unsaturated/α-hetero) is 1. The van der Waals surface area contributed by atoms with Crippen molar-refractivity contribution in [2.45, 2.75) is 32.0 Å².